The van der Waals surface area contributed by atoms with Crippen molar-refractivity contribution >= 4 is 23.4 Å². The first-order chi connectivity index (χ1) is 9.02. The van der Waals surface area contributed by atoms with Gasteiger partial charge in [0, 0.05) is 18.0 Å². The summed E-state index contributed by atoms with van der Waals surface area (Å²) in [6.07, 6.45) is -2.24. The molecule has 2 rings (SSSR count). The topological polar surface area (TPSA) is 107 Å². The third-order valence-electron chi connectivity index (χ3n) is 2.62. The maximum atomic E-state index is 9.81. The standard InChI is InChI=1S/C11H11ClN2O4S/c12-5-1-8(6(2-13)14-3-5)18-11-10(17)9(16)7(15)4-19-11/h1,3,7,9-11,15-17H,4H2/t7-,9+,10-,11+/m1/s1. The molecule has 0 aromatic carbocycles. The highest BCUT2D eigenvalue weighted by Crippen LogP contribution is 2.31. The third-order valence-corrected chi connectivity index (χ3v) is 4.07. The Bertz CT molecular complexity index is 510. The van der Waals surface area contributed by atoms with Crippen molar-refractivity contribution in [2.75, 3.05) is 5.75 Å². The molecule has 1 aromatic rings. The summed E-state index contributed by atoms with van der Waals surface area (Å²) >= 11 is 6.91. The molecule has 8 heteroatoms. The lowest BCUT2D eigenvalue weighted by atomic mass is 10.1. The fraction of sp³-hybridized carbons (Fsp3) is 0.455. The molecule has 102 valence electrons. The van der Waals surface area contributed by atoms with Gasteiger partial charge in [-0.2, -0.15) is 5.26 Å². The van der Waals surface area contributed by atoms with Gasteiger partial charge < -0.3 is 20.1 Å². The Hall–Kier alpha value is -1.04. The summed E-state index contributed by atoms with van der Waals surface area (Å²) in [4.78, 5) is 3.80. The number of aliphatic hydroxyl groups is 3. The molecular weight excluding hydrogens is 292 g/mol. The summed E-state index contributed by atoms with van der Waals surface area (Å²) in [6, 6.07) is 3.26. The second-order valence-electron chi connectivity index (χ2n) is 3.98. The predicted molar refractivity (Wildman–Crippen MR) is 68.9 cm³/mol. The molecule has 1 saturated heterocycles. The van der Waals surface area contributed by atoms with Crippen LogP contribution in [0.4, 0.5) is 0 Å². The van der Waals surface area contributed by atoms with Gasteiger partial charge in [0.1, 0.15) is 18.3 Å². The monoisotopic (exact) mass is 302 g/mol. The highest BCUT2D eigenvalue weighted by atomic mass is 35.5. The zero-order valence-corrected chi connectivity index (χ0v) is 11.2. The van der Waals surface area contributed by atoms with Gasteiger partial charge in [0.25, 0.3) is 0 Å². The molecule has 2 heterocycles. The van der Waals surface area contributed by atoms with Crippen molar-refractivity contribution in [3.8, 4) is 11.8 Å². The molecule has 1 aromatic heterocycles. The molecule has 0 aliphatic carbocycles. The van der Waals surface area contributed by atoms with Crippen molar-refractivity contribution in [1.29, 1.82) is 5.26 Å². The Labute approximate surface area is 118 Å². The second-order valence-corrected chi connectivity index (χ2v) is 5.55. The lowest BCUT2D eigenvalue weighted by Crippen LogP contribution is -2.50. The highest BCUT2D eigenvalue weighted by Gasteiger charge is 2.38. The molecule has 0 unspecified atom stereocenters. The maximum absolute atomic E-state index is 9.81. The number of halogens is 1. The van der Waals surface area contributed by atoms with Gasteiger partial charge in [0.2, 0.25) is 0 Å². The van der Waals surface area contributed by atoms with E-state index in [1.807, 2.05) is 6.07 Å². The molecule has 0 spiro atoms. The number of pyridine rings is 1. The minimum atomic E-state index is -1.29. The van der Waals surface area contributed by atoms with Gasteiger partial charge >= 0.3 is 0 Å². The van der Waals surface area contributed by atoms with Gasteiger partial charge in [0.05, 0.1) is 11.1 Å². The smallest absolute Gasteiger partial charge is 0.182 e. The Morgan fingerprint density at radius 3 is 2.84 bits per heavy atom. The van der Waals surface area contributed by atoms with Crippen molar-refractivity contribution in [2.45, 2.75) is 23.7 Å². The van der Waals surface area contributed by atoms with E-state index in [2.05, 4.69) is 4.98 Å². The van der Waals surface area contributed by atoms with E-state index >= 15 is 0 Å². The summed E-state index contributed by atoms with van der Waals surface area (Å²) < 4.78 is 5.46. The van der Waals surface area contributed by atoms with Crippen LogP contribution in [0, 0.1) is 11.3 Å². The number of nitriles is 1. The number of nitrogens with zero attached hydrogens (tertiary/aromatic N) is 2. The van der Waals surface area contributed by atoms with Crippen LogP contribution >= 0.6 is 23.4 Å². The molecule has 1 aliphatic rings. The number of ether oxygens (including phenoxy) is 1. The SMILES string of the molecule is N#Cc1ncc(Cl)cc1O[C@H]1SC[C@@H](O)[C@H](O)[C@H]1O. The lowest BCUT2D eigenvalue weighted by molar-refractivity contribution is -0.0786. The molecular formula is C11H11ClN2O4S. The number of hydrogen-bond donors (Lipinski definition) is 3. The predicted octanol–water partition coefficient (Wildman–Crippen LogP) is 0.141. The molecule has 1 aliphatic heterocycles. The van der Waals surface area contributed by atoms with Crippen molar-refractivity contribution in [3.05, 3.63) is 23.0 Å². The minimum absolute atomic E-state index is 0.0396. The second kappa shape index (κ2) is 5.94. The summed E-state index contributed by atoms with van der Waals surface area (Å²) in [7, 11) is 0. The van der Waals surface area contributed by atoms with E-state index in [1.54, 1.807) is 0 Å². The van der Waals surface area contributed by atoms with E-state index in [1.165, 1.54) is 12.3 Å². The Morgan fingerprint density at radius 2 is 2.16 bits per heavy atom. The van der Waals surface area contributed by atoms with Gasteiger partial charge in [-0.25, -0.2) is 4.98 Å². The largest absolute Gasteiger partial charge is 0.474 e. The number of aromatic nitrogens is 1. The third kappa shape index (κ3) is 3.11. The molecule has 0 amide bonds. The van der Waals surface area contributed by atoms with Gasteiger partial charge in [-0.05, 0) is 0 Å². The van der Waals surface area contributed by atoms with Gasteiger partial charge in [-0.1, -0.05) is 11.6 Å². The van der Waals surface area contributed by atoms with Gasteiger partial charge in [-0.15, -0.1) is 11.8 Å². The highest BCUT2D eigenvalue weighted by molar-refractivity contribution is 7.99. The summed E-state index contributed by atoms with van der Waals surface area (Å²) in [6.45, 7) is 0. The molecule has 1 fully saturated rings. The first kappa shape index (κ1) is 14.4. The van der Waals surface area contributed by atoms with Crippen LogP contribution in [-0.4, -0.2) is 49.8 Å². The molecule has 3 N–H and O–H groups in total. The van der Waals surface area contributed by atoms with Crippen LogP contribution in [-0.2, 0) is 0 Å². The zero-order valence-electron chi connectivity index (χ0n) is 9.60. The molecule has 6 nitrogen and oxygen atoms in total. The number of aliphatic hydroxyl groups excluding tert-OH is 3. The van der Waals surface area contributed by atoms with Crippen LogP contribution in [0.15, 0.2) is 12.3 Å². The van der Waals surface area contributed by atoms with E-state index in [0.717, 1.165) is 11.8 Å². The average Bonchev–Trinajstić information content (AvgIpc) is 2.40. The number of thioether (sulfide) groups is 1. The van der Waals surface area contributed by atoms with Crippen LogP contribution in [0.3, 0.4) is 0 Å². The fourth-order valence-corrected chi connectivity index (χ4v) is 2.86. The molecule has 0 bridgehead atoms. The van der Waals surface area contributed by atoms with E-state index in [4.69, 9.17) is 21.6 Å². The summed E-state index contributed by atoms with van der Waals surface area (Å²) in [5.74, 6) is 0.355. The van der Waals surface area contributed by atoms with Gasteiger partial charge in [0.15, 0.2) is 16.9 Å². The average molecular weight is 303 g/mol. The number of rotatable bonds is 2. The normalized spacial score (nSPS) is 30.7. The van der Waals surface area contributed by atoms with E-state index in [9.17, 15) is 15.3 Å². The minimum Gasteiger partial charge on any atom is -0.474 e. The van der Waals surface area contributed by atoms with Crippen molar-refractivity contribution < 1.29 is 20.1 Å². The van der Waals surface area contributed by atoms with Crippen molar-refractivity contribution in [2.24, 2.45) is 0 Å². The lowest BCUT2D eigenvalue weighted by Gasteiger charge is -2.34. The van der Waals surface area contributed by atoms with Crippen LogP contribution in [0.1, 0.15) is 5.69 Å². The Balaban J connectivity index is 2.17. The van der Waals surface area contributed by atoms with Crippen LogP contribution < -0.4 is 4.74 Å². The van der Waals surface area contributed by atoms with E-state index in [-0.39, 0.29) is 17.2 Å². The number of hydrogen-bond acceptors (Lipinski definition) is 7. The zero-order chi connectivity index (χ0) is 14.0. The van der Waals surface area contributed by atoms with Crippen LogP contribution in [0.2, 0.25) is 5.02 Å². The van der Waals surface area contributed by atoms with Crippen molar-refractivity contribution in [1.82, 2.24) is 4.98 Å². The van der Waals surface area contributed by atoms with E-state index in [0.29, 0.717) is 5.02 Å². The van der Waals surface area contributed by atoms with E-state index < -0.39 is 23.7 Å². The van der Waals surface area contributed by atoms with Crippen LogP contribution in [0.25, 0.3) is 0 Å². The molecule has 0 radical (unpaired) electrons. The van der Waals surface area contributed by atoms with Crippen molar-refractivity contribution in [3.63, 3.8) is 0 Å². The first-order valence-electron chi connectivity index (χ1n) is 5.41. The quantitative estimate of drug-likeness (QED) is 0.713. The summed E-state index contributed by atoms with van der Waals surface area (Å²) in [5, 5.41) is 38.0. The molecule has 19 heavy (non-hydrogen) atoms. The summed E-state index contributed by atoms with van der Waals surface area (Å²) in [5.41, 5.74) is -0.761. The fourth-order valence-electron chi connectivity index (χ4n) is 1.60. The van der Waals surface area contributed by atoms with Crippen LogP contribution in [0.5, 0.6) is 5.75 Å². The molecule has 0 saturated carbocycles. The first-order valence-corrected chi connectivity index (χ1v) is 6.83. The van der Waals surface area contributed by atoms with Gasteiger partial charge in [-0.3, -0.25) is 0 Å². The Morgan fingerprint density at radius 1 is 1.42 bits per heavy atom. The molecule has 4 atom stereocenters. The maximum Gasteiger partial charge on any atom is 0.182 e. The Kier molecular flexibility index (Phi) is 4.50.